The third-order valence-corrected chi connectivity index (χ3v) is 4.72. The molecule has 2 aromatic rings. The Morgan fingerprint density at radius 1 is 1.26 bits per heavy atom. The first-order valence-corrected chi connectivity index (χ1v) is 8.49. The molecule has 1 unspecified atom stereocenters. The van der Waals surface area contributed by atoms with E-state index in [1.165, 1.54) is 36.2 Å². The zero-order chi connectivity index (χ0) is 19.6. The Morgan fingerprint density at radius 3 is 2.52 bits per heavy atom. The van der Waals surface area contributed by atoms with Gasteiger partial charge in [-0.05, 0) is 53.8 Å². The normalized spacial score (nSPS) is 19.1. The van der Waals surface area contributed by atoms with Gasteiger partial charge in [0.05, 0.1) is 6.07 Å². The molecule has 2 aromatic carbocycles. The van der Waals surface area contributed by atoms with Crippen LogP contribution in [0.1, 0.15) is 29.5 Å². The van der Waals surface area contributed by atoms with E-state index in [-0.39, 0.29) is 17.6 Å². The Balaban J connectivity index is 2.16. The van der Waals surface area contributed by atoms with E-state index in [9.17, 15) is 14.3 Å². The number of phenols is 1. The number of hydrogen-bond acceptors (Lipinski definition) is 5. The number of carbonyl (C=O) groups excluding carboxylic acids is 1. The van der Waals surface area contributed by atoms with Crippen molar-refractivity contribution >= 4 is 11.9 Å². The molecule has 0 saturated heterocycles. The Hall–Kier alpha value is -3.40. The number of likely N-dealkylation sites (N-methyl/N-ethyl adjacent to an activating group) is 1. The van der Waals surface area contributed by atoms with Crippen LogP contribution in [-0.4, -0.2) is 28.9 Å². The lowest BCUT2D eigenvalue weighted by atomic mass is 9.81. The number of benzene rings is 2. The van der Waals surface area contributed by atoms with Crippen LogP contribution in [-0.2, 0) is 16.8 Å². The molecule has 7 heteroatoms. The number of nitrogens with two attached hydrogens (primary N) is 1. The molecule has 0 aromatic heterocycles. The summed E-state index contributed by atoms with van der Waals surface area (Å²) in [6.07, 6.45) is 1.21. The van der Waals surface area contributed by atoms with Crippen LogP contribution in [0.4, 0.5) is 4.39 Å². The molecule has 6 nitrogen and oxygen atoms in total. The van der Waals surface area contributed by atoms with Crippen molar-refractivity contribution in [1.29, 1.82) is 5.26 Å². The van der Waals surface area contributed by atoms with Crippen LogP contribution in [0, 0.1) is 17.1 Å². The second kappa shape index (κ2) is 7.08. The summed E-state index contributed by atoms with van der Waals surface area (Å²) in [5, 5.41) is 18.3. The SMILES string of the molecule is CN1C(=O)C(c2ccc(O)cc2)(c2ccc(F)c(CCCC#N)c2)N=C1N. The van der Waals surface area contributed by atoms with Crippen molar-refractivity contribution in [2.75, 3.05) is 7.05 Å². The summed E-state index contributed by atoms with van der Waals surface area (Å²) in [5.41, 5.74) is 5.89. The van der Waals surface area contributed by atoms with Gasteiger partial charge in [-0.3, -0.25) is 9.69 Å². The molecule has 0 bridgehead atoms. The first-order chi connectivity index (χ1) is 12.9. The van der Waals surface area contributed by atoms with Gasteiger partial charge in [0.2, 0.25) is 0 Å². The topological polar surface area (TPSA) is 103 Å². The molecule has 1 aliphatic rings. The lowest BCUT2D eigenvalue weighted by Crippen LogP contribution is -2.41. The fourth-order valence-corrected chi connectivity index (χ4v) is 3.24. The van der Waals surface area contributed by atoms with E-state index < -0.39 is 11.4 Å². The molecule has 0 aliphatic carbocycles. The second-order valence-electron chi connectivity index (χ2n) is 6.41. The predicted molar refractivity (Wildman–Crippen MR) is 98.2 cm³/mol. The molecule has 0 saturated carbocycles. The highest BCUT2D eigenvalue weighted by Crippen LogP contribution is 2.40. The highest BCUT2D eigenvalue weighted by molar-refractivity contribution is 6.08. The van der Waals surface area contributed by atoms with Gasteiger partial charge in [-0.1, -0.05) is 18.2 Å². The number of aryl methyl sites for hydroxylation is 1. The Bertz CT molecular complexity index is 949. The maximum Gasteiger partial charge on any atom is 0.266 e. The van der Waals surface area contributed by atoms with E-state index in [4.69, 9.17) is 11.0 Å². The number of nitriles is 1. The average molecular weight is 366 g/mol. The van der Waals surface area contributed by atoms with Crippen molar-refractivity contribution in [2.45, 2.75) is 24.8 Å². The molecule has 0 fully saturated rings. The van der Waals surface area contributed by atoms with E-state index in [0.29, 0.717) is 36.0 Å². The fourth-order valence-electron chi connectivity index (χ4n) is 3.24. The second-order valence-corrected chi connectivity index (χ2v) is 6.41. The van der Waals surface area contributed by atoms with E-state index in [2.05, 4.69) is 4.99 Å². The molecule has 1 atom stereocenters. The summed E-state index contributed by atoms with van der Waals surface area (Å²) in [4.78, 5) is 18.8. The molecule has 1 amide bonds. The van der Waals surface area contributed by atoms with Crippen LogP contribution in [0.3, 0.4) is 0 Å². The fraction of sp³-hybridized carbons (Fsp3) is 0.250. The molecular formula is C20H19FN4O2. The van der Waals surface area contributed by atoms with Gasteiger partial charge in [-0.2, -0.15) is 5.26 Å². The van der Waals surface area contributed by atoms with Crippen molar-refractivity contribution in [3.8, 4) is 11.8 Å². The average Bonchev–Trinajstić information content (AvgIpc) is 2.89. The Labute approximate surface area is 156 Å². The van der Waals surface area contributed by atoms with Crippen molar-refractivity contribution in [2.24, 2.45) is 10.7 Å². The van der Waals surface area contributed by atoms with Crippen molar-refractivity contribution < 1.29 is 14.3 Å². The summed E-state index contributed by atoms with van der Waals surface area (Å²) < 4.78 is 14.2. The summed E-state index contributed by atoms with van der Waals surface area (Å²) in [7, 11) is 1.53. The van der Waals surface area contributed by atoms with Gasteiger partial charge < -0.3 is 10.8 Å². The number of carbonyl (C=O) groups is 1. The number of hydrogen-bond donors (Lipinski definition) is 2. The summed E-state index contributed by atoms with van der Waals surface area (Å²) >= 11 is 0. The number of rotatable bonds is 5. The van der Waals surface area contributed by atoms with Crippen molar-refractivity contribution in [3.63, 3.8) is 0 Å². The number of halogens is 1. The monoisotopic (exact) mass is 366 g/mol. The molecule has 1 heterocycles. The largest absolute Gasteiger partial charge is 0.508 e. The number of aliphatic imine (C=N–C) groups is 1. The number of aromatic hydroxyl groups is 1. The van der Waals surface area contributed by atoms with Crippen LogP contribution >= 0.6 is 0 Å². The zero-order valence-corrected chi connectivity index (χ0v) is 14.8. The van der Waals surface area contributed by atoms with Gasteiger partial charge >= 0.3 is 0 Å². The summed E-state index contributed by atoms with van der Waals surface area (Å²) in [6, 6.07) is 12.6. The standard InChI is InChI=1S/C20H19FN4O2/c1-25-18(27)20(24-19(25)23,14-5-8-16(26)9-6-14)15-7-10-17(21)13(12-15)4-2-3-11-22/h5-10,12,26H,2-4H2,1H3,(H2,23,24). The third kappa shape index (κ3) is 3.10. The van der Waals surface area contributed by atoms with E-state index >= 15 is 0 Å². The predicted octanol–water partition coefficient (Wildman–Crippen LogP) is 2.41. The van der Waals surface area contributed by atoms with Gasteiger partial charge in [0.15, 0.2) is 11.5 Å². The first-order valence-electron chi connectivity index (χ1n) is 8.49. The number of amides is 1. The minimum Gasteiger partial charge on any atom is -0.508 e. The molecule has 0 radical (unpaired) electrons. The lowest BCUT2D eigenvalue weighted by molar-refractivity contribution is -0.129. The third-order valence-electron chi connectivity index (χ3n) is 4.72. The number of phenolic OH excluding ortho intramolecular Hbond substituents is 1. The van der Waals surface area contributed by atoms with Gasteiger partial charge in [-0.25, -0.2) is 9.38 Å². The summed E-state index contributed by atoms with van der Waals surface area (Å²) in [6.45, 7) is 0. The van der Waals surface area contributed by atoms with Crippen molar-refractivity contribution in [1.82, 2.24) is 4.90 Å². The molecule has 27 heavy (non-hydrogen) atoms. The van der Waals surface area contributed by atoms with Crippen molar-refractivity contribution in [3.05, 3.63) is 65.0 Å². The molecule has 3 N–H and O–H groups in total. The first kappa shape index (κ1) is 18.4. The van der Waals surface area contributed by atoms with Crippen LogP contribution in [0.5, 0.6) is 5.75 Å². The highest BCUT2D eigenvalue weighted by Gasteiger charge is 2.49. The summed E-state index contributed by atoms with van der Waals surface area (Å²) in [5.74, 6) is -0.641. The van der Waals surface area contributed by atoms with E-state index in [1.54, 1.807) is 18.2 Å². The molecular weight excluding hydrogens is 347 g/mol. The number of unbranched alkanes of at least 4 members (excludes halogenated alkanes) is 1. The minimum atomic E-state index is -1.44. The smallest absolute Gasteiger partial charge is 0.266 e. The Morgan fingerprint density at radius 2 is 1.93 bits per heavy atom. The van der Waals surface area contributed by atoms with Crippen LogP contribution in [0.15, 0.2) is 47.5 Å². The van der Waals surface area contributed by atoms with Gasteiger partial charge in [0, 0.05) is 13.5 Å². The maximum atomic E-state index is 14.2. The molecule has 3 rings (SSSR count). The van der Waals surface area contributed by atoms with Crippen LogP contribution in [0.2, 0.25) is 0 Å². The quantitative estimate of drug-likeness (QED) is 0.793. The number of guanidine groups is 1. The molecule has 138 valence electrons. The lowest BCUT2D eigenvalue weighted by Gasteiger charge is -2.26. The molecule has 0 spiro atoms. The maximum absolute atomic E-state index is 14.2. The van der Waals surface area contributed by atoms with Crippen LogP contribution < -0.4 is 5.73 Å². The van der Waals surface area contributed by atoms with Gasteiger partial charge in [-0.15, -0.1) is 0 Å². The van der Waals surface area contributed by atoms with E-state index in [0.717, 1.165) is 0 Å². The zero-order valence-electron chi connectivity index (χ0n) is 14.8. The van der Waals surface area contributed by atoms with Gasteiger partial charge in [0.25, 0.3) is 5.91 Å². The highest BCUT2D eigenvalue weighted by atomic mass is 19.1. The Kier molecular flexibility index (Phi) is 4.82. The van der Waals surface area contributed by atoms with Crippen LogP contribution in [0.25, 0.3) is 0 Å². The van der Waals surface area contributed by atoms with Gasteiger partial charge in [0.1, 0.15) is 11.6 Å². The minimum absolute atomic E-state index is 0.0564. The molecule has 1 aliphatic heterocycles. The number of nitrogens with zero attached hydrogens (tertiary/aromatic N) is 3. The van der Waals surface area contributed by atoms with E-state index in [1.807, 2.05) is 6.07 Å².